The van der Waals surface area contributed by atoms with Crippen LogP contribution in [0.5, 0.6) is 0 Å². The summed E-state index contributed by atoms with van der Waals surface area (Å²) in [7, 11) is -3.65. The maximum absolute atomic E-state index is 12.4. The topological polar surface area (TPSA) is 72.5 Å². The highest BCUT2D eigenvalue weighted by Crippen LogP contribution is 2.17. The highest BCUT2D eigenvalue weighted by Gasteiger charge is 2.14. The SMILES string of the molecule is CCCCCCOC(=O)c1ccc(NS(=O)(=O)c2ccc(C)cc2)cc1. The fraction of sp³-hybridized carbons (Fsp3) is 0.350. The van der Waals surface area contributed by atoms with Crippen LogP contribution >= 0.6 is 0 Å². The number of ether oxygens (including phenoxy) is 1. The van der Waals surface area contributed by atoms with E-state index >= 15 is 0 Å². The van der Waals surface area contributed by atoms with Crippen molar-refractivity contribution in [1.29, 1.82) is 0 Å². The number of sulfonamides is 1. The van der Waals surface area contributed by atoms with Gasteiger partial charge in [0.15, 0.2) is 0 Å². The normalized spacial score (nSPS) is 11.2. The number of rotatable bonds is 9. The third-order valence-electron chi connectivity index (χ3n) is 3.94. The van der Waals surface area contributed by atoms with E-state index in [2.05, 4.69) is 11.6 Å². The van der Waals surface area contributed by atoms with Crippen molar-refractivity contribution in [3.63, 3.8) is 0 Å². The van der Waals surface area contributed by atoms with Gasteiger partial charge in [-0.05, 0) is 49.7 Å². The van der Waals surface area contributed by atoms with Crippen molar-refractivity contribution in [3.05, 3.63) is 59.7 Å². The molecule has 0 spiro atoms. The Morgan fingerprint density at radius 1 is 0.962 bits per heavy atom. The first kappa shape index (κ1) is 20.0. The first-order valence-electron chi connectivity index (χ1n) is 8.79. The Kier molecular flexibility index (Phi) is 7.21. The van der Waals surface area contributed by atoms with E-state index in [-0.39, 0.29) is 4.90 Å². The summed E-state index contributed by atoms with van der Waals surface area (Å²) in [5.74, 6) is -0.394. The van der Waals surface area contributed by atoms with Gasteiger partial charge < -0.3 is 4.74 Å². The monoisotopic (exact) mass is 375 g/mol. The van der Waals surface area contributed by atoms with E-state index in [1.54, 1.807) is 48.5 Å². The molecule has 0 saturated carbocycles. The molecule has 1 N–H and O–H groups in total. The summed E-state index contributed by atoms with van der Waals surface area (Å²) in [6, 6.07) is 12.8. The van der Waals surface area contributed by atoms with E-state index in [0.717, 1.165) is 31.2 Å². The van der Waals surface area contributed by atoms with Crippen molar-refractivity contribution in [2.24, 2.45) is 0 Å². The highest BCUT2D eigenvalue weighted by molar-refractivity contribution is 7.92. The summed E-state index contributed by atoms with van der Waals surface area (Å²) in [4.78, 5) is 12.2. The molecule has 5 nitrogen and oxygen atoms in total. The molecule has 2 aromatic rings. The lowest BCUT2D eigenvalue weighted by Gasteiger charge is -2.09. The molecular weight excluding hydrogens is 350 g/mol. The maximum Gasteiger partial charge on any atom is 0.338 e. The molecule has 0 saturated heterocycles. The third-order valence-corrected chi connectivity index (χ3v) is 5.33. The van der Waals surface area contributed by atoms with Crippen molar-refractivity contribution >= 4 is 21.7 Å². The molecule has 140 valence electrons. The maximum atomic E-state index is 12.4. The number of anilines is 1. The molecule has 0 amide bonds. The largest absolute Gasteiger partial charge is 0.462 e. The number of benzene rings is 2. The lowest BCUT2D eigenvalue weighted by Crippen LogP contribution is -2.13. The molecule has 0 aliphatic carbocycles. The van der Waals surface area contributed by atoms with Crippen LogP contribution in [0.4, 0.5) is 5.69 Å². The minimum absolute atomic E-state index is 0.193. The van der Waals surface area contributed by atoms with E-state index in [1.807, 2.05) is 6.92 Å². The Morgan fingerprint density at radius 3 is 2.23 bits per heavy atom. The summed E-state index contributed by atoms with van der Waals surface area (Å²) in [5, 5.41) is 0. The van der Waals surface area contributed by atoms with E-state index in [0.29, 0.717) is 17.9 Å². The predicted molar refractivity (Wildman–Crippen MR) is 103 cm³/mol. The fourth-order valence-corrected chi connectivity index (χ4v) is 3.44. The molecule has 0 bridgehead atoms. The van der Waals surface area contributed by atoms with Gasteiger partial charge in [-0.15, -0.1) is 0 Å². The van der Waals surface area contributed by atoms with Gasteiger partial charge in [-0.2, -0.15) is 0 Å². The molecular formula is C20H25NO4S. The predicted octanol–water partition coefficient (Wildman–Crippen LogP) is 4.53. The van der Waals surface area contributed by atoms with Gasteiger partial charge in [0.1, 0.15) is 0 Å². The van der Waals surface area contributed by atoms with Gasteiger partial charge in [0.25, 0.3) is 10.0 Å². The Hall–Kier alpha value is -2.34. The zero-order chi connectivity index (χ0) is 19.0. The number of unbranched alkanes of at least 4 members (excludes halogenated alkanes) is 3. The number of carbonyl (C=O) groups excluding carboxylic acids is 1. The van der Waals surface area contributed by atoms with Gasteiger partial charge >= 0.3 is 5.97 Å². The van der Waals surface area contributed by atoms with E-state index in [4.69, 9.17) is 4.74 Å². The van der Waals surface area contributed by atoms with Crippen LogP contribution in [-0.2, 0) is 14.8 Å². The zero-order valence-electron chi connectivity index (χ0n) is 15.2. The summed E-state index contributed by atoms with van der Waals surface area (Å²) >= 11 is 0. The van der Waals surface area contributed by atoms with Crippen LogP contribution in [-0.4, -0.2) is 21.0 Å². The second-order valence-corrected chi connectivity index (χ2v) is 7.87. The number of aryl methyl sites for hydroxylation is 1. The molecule has 6 heteroatoms. The fourth-order valence-electron chi connectivity index (χ4n) is 2.38. The van der Waals surface area contributed by atoms with Crippen LogP contribution in [0, 0.1) is 6.92 Å². The molecule has 0 atom stereocenters. The van der Waals surface area contributed by atoms with E-state index in [9.17, 15) is 13.2 Å². The number of carbonyl (C=O) groups is 1. The van der Waals surface area contributed by atoms with Crippen molar-refractivity contribution in [1.82, 2.24) is 0 Å². The summed E-state index contributed by atoms with van der Waals surface area (Å²) in [5.41, 5.74) is 1.78. The van der Waals surface area contributed by atoms with Gasteiger partial charge in [-0.25, -0.2) is 13.2 Å². The van der Waals surface area contributed by atoms with Gasteiger partial charge in [-0.3, -0.25) is 4.72 Å². The second-order valence-electron chi connectivity index (χ2n) is 6.19. The van der Waals surface area contributed by atoms with Gasteiger partial charge in [0.2, 0.25) is 0 Å². The minimum atomic E-state index is -3.65. The molecule has 0 unspecified atom stereocenters. The highest BCUT2D eigenvalue weighted by atomic mass is 32.2. The summed E-state index contributed by atoms with van der Waals surface area (Å²) < 4.78 is 32.4. The van der Waals surface area contributed by atoms with Crippen molar-refractivity contribution in [2.45, 2.75) is 44.4 Å². The van der Waals surface area contributed by atoms with Crippen LogP contribution < -0.4 is 4.72 Å². The Bertz CT molecular complexity index is 812. The van der Waals surface area contributed by atoms with Crippen LogP contribution in [0.25, 0.3) is 0 Å². The van der Waals surface area contributed by atoms with Crippen LogP contribution in [0.15, 0.2) is 53.4 Å². The number of nitrogens with one attached hydrogen (secondary N) is 1. The molecule has 2 rings (SSSR count). The second kappa shape index (κ2) is 9.38. The summed E-state index contributed by atoms with van der Waals surface area (Å²) in [6.45, 7) is 4.42. The first-order chi connectivity index (χ1) is 12.4. The third kappa shape index (κ3) is 5.88. The lowest BCUT2D eigenvalue weighted by atomic mass is 10.2. The Morgan fingerprint density at radius 2 is 1.62 bits per heavy atom. The van der Waals surface area contributed by atoms with Gasteiger partial charge in [0, 0.05) is 5.69 Å². The number of esters is 1. The minimum Gasteiger partial charge on any atom is -0.462 e. The number of hydrogen-bond acceptors (Lipinski definition) is 4. The molecule has 0 heterocycles. The quantitative estimate of drug-likeness (QED) is 0.516. The lowest BCUT2D eigenvalue weighted by molar-refractivity contribution is 0.0498. The smallest absolute Gasteiger partial charge is 0.338 e. The van der Waals surface area contributed by atoms with Crippen molar-refractivity contribution in [3.8, 4) is 0 Å². The molecule has 2 aromatic carbocycles. The van der Waals surface area contributed by atoms with Gasteiger partial charge in [-0.1, -0.05) is 43.9 Å². The first-order valence-corrected chi connectivity index (χ1v) is 10.3. The zero-order valence-corrected chi connectivity index (χ0v) is 16.0. The van der Waals surface area contributed by atoms with Crippen LogP contribution in [0.2, 0.25) is 0 Å². The molecule has 0 aliphatic heterocycles. The Labute approximate surface area is 155 Å². The van der Waals surface area contributed by atoms with Crippen LogP contribution in [0.1, 0.15) is 48.5 Å². The Balaban J connectivity index is 1.94. The summed E-state index contributed by atoms with van der Waals surface area (Å²) in [6.07, 6.45) is 4.17. The van der Waals surface area contributed by atoms with E-state index in [1.165, 1.54) is 0 Å². The van der Waals surface area contributed by atoms with Crippen molar-refractivity contribution < 1.29 is 17.9 Å². The average Bonchev–Trinajstić information content (AvgIpc) is 2.62. The standard InChI is InChI=1S/C20H25NO4S/c1-3-4-5-6-15-25-20(22)17-9-11-18(12-10-17)21-26(23,24)19-13-7-16(2)8-14-19/h7-14,21H,3-6,15H2,1-2H3. The number of hydrogen-bond donors (Lipinski definition) is 1. The molecule has 0 fully saturated rings. The molecule has 0 radical (unpaired) electrons. The van der Waals surface area contributed by atoms with Gasteiger partial charge in [0.05, 0.1) is 17.1 Å². The average molecular weight is 375 g/mol. The molecule has 26 heavy (non-hydrogen) atoms. The molecule has 0 aliphatic rings. The molecule has 0 aromatic heterocycles. The van der Waals surface area contributed by atoms with Crippen LogP contribution in [0.3, 0.4) is 0 Å². The van der Waals surface area contributed by atoms with Crippen molar-refractivity contribution in [2.75, 3.05) is 11.3 Å². The van der Waals surface area contributed by atoms with E-state index < -0.39 is 16.0 Å².